The molecule has 205 valence electrons. The summed E-state index contributed by atoms with van der Waals surface area (Å²) < 4.78 is 62.7. The molecule has 2 aromatic carbocycles. The Morgan fingerprint density at radius 1 is 1.00 bits per heavy atom. The molecular weight excluding hydrogens is 564 g/mol. The van der Waals surface area contributed by atoms with Crippen LogP contribution in [0.25, 0.3) is 5.73 Å². The SMILES string of the molecule is CCO.COc1ccc(CCCOc2ccc(CCC3([NH-])COC(C)(C)OC3)cc2C(F)(F)F)cc1.[Y]. The molecule has 3 rings (SSSR count). The van der Waals surface area contributed by atoms with Crippen LogP contribution < -0.4 is 9.47 Å². The number of halogens is 3. The van der Waals surface area contributed by atoms with Crippen LogP contribution in [-0.4, -0.2) is 50.0 Å². The minimum Gasteiger partial charge on any atom is -0.668 e. The summed E-state index contributed by atoms with van der Waals surface area (Å²) in [7, 11) is 1.59. The number of nitrogens with one attached hydrogen (secondary N) is 1. The molecule has 0 aromatic heterocycles. The van der Waals surface area contributed by atoms with Gasteiger partial charge in [-0.1, -0.05) is 30.2 Å². The Bertz CT molecular complexity index is 929. The molecule has 1 heterocycles. The normalized spacial score (nSPS) is 16.1. The van der Waals surface area contributed by atoms with Crippen LogP contribution in [0, 0.1) is 0 Å². The first-order valence-corrected chi connectivity index (χ1v) is 12.0. The molecule has 0 aliphatic carbocycles. The first-order chi connectivity index (χ1) is 16.9. The molecule has 1 fully saturated rings. The third-order valence-electron chi connectivity index (χ3n) is 5.66. The summed E-state index contributed by atoms with van der Waals surface area (Å²) in [5.74, 6) is -0.151. The summed E-state index contributed by atoms with van der Waals surface area (Å²) >= 11 is 0. The van der Waals surface area contributed by atoms with Crippen LogP contribution >= 0.6 is 0 Å². The molecule has 10 heteroatoms. The van der Waals surface area contributed by atoms with Crippen molar-refractivity contribution in [1.29, 1.82) is 0 Å². The molecule has 0 saturated carbocycles. The number of alkyl halides is 3. The standard InChI is InChI=1S/C25H31F3NO4.C2H6O.Y/c1-23(2)32-16-24(29,17-33-23)13-12-19-8-11-22(21(15-19)25(26,27)28)31-14-4-5-18-6-9-20(30-3)10-7-18;1-2-3;/h6-11,15,29H,4-5,12-14,16-17H2,1-3H3;3H,2H2,1H3;/q-1;;. The molecule has 1 aliphatic heterocycles. The van der Waals surface area contributed by atoms with Gasteiger partial charge in [0.25, 0.3) is 0 Å². The Kier molecular flexibility index (Phi) is 14.1. The maximum absolute atomic E-state index is 13.7. The molecule has 0 amide bonds. The number of aryl methyl sites for hydroxylation is 2. The quantitative estimate of drug-likeness (QED) is 0.345. The second-order valence-electron chi connectivity index (χ2n) is 9.20. The van der Waals surface area contributed by atoms with E-state index in [2.05, 4.69) is 0 Å². The zero-order valence-corrected chi connectivity index (χ0v) is 24.8. The van der Waals surface area contributed by atoms with E-state index < -0.39 is 23.1 Å². The maximum atomic E-state index is 13.7. The molecule has 2 N–H and O–H groups in total. The van der Waals surface area contributed by atoms with Crippen LogP contribution in [0.1, 0.15) is 50.3 Å². The number of aliphatic hydroxyl groups is 1. The van der Waals surface area contributed by atoms with Gasteiger partial charge >= 0.3 is 6.18 Å². The molecule has 0 spiro atoms. The third kappa shape index (κ3) is 11.6. The summed E-state index contributed by atoms with van der Waals surface area (Å²) in [4.78, 5) is 0. The number of aliphatic hydroxyl groups excluding tert-OH is 1. The van der Waals surface area contributed by atoms with Gasteiger partial charge in [0.05, 0.1) is 19.3 Å². The molecule has 1 aliphatic rings. The number of ether oxygens (including phenoxy) is 4. The van der Waals surface area contributed by atoms with Gasteiger partial charge in [-0.15, -0.1) is 0 Å². The number of methoxy groups -OCH3 is 1. The van der Waals surface area contributed by atoms with Crippen molar-refractivity contribution in [2.24, 2.45) is 0 Å². The second kappa shape index (κ2) is 15.4. The zero-order chi connectivity index (χ0) is 26.8. The monoisotopic (exact) mass is 601 g/mol. The summed E-state index contributed by atoms with van der Waals surface area (Å²) in [6, 6.07) is 11.7. The molecule has 0 bridgehead atoms. The molecule has 2 aromatic rings. The van der Waals surface area contributed by atoms with E-state index in [1.165, 1.54) is 6.07 Å². The predicted molar refractivity (Wildman–Crippen MR) is 132 cm³/mol. The predicted octanol–water partition coefficient (Wildman–Crippen LogP) is 6.23. The van der Waals surface area contributed by atoms with Crippen LogP contribution in [0.15, 0.2) is 42.5 Å². The van der Waals surface area contributed by atoms with Crippen molar-refractivity contribution in [3.05, 3.63) is 64.9 Å². The van der Waals surface area contributed by atoms with Crippen molar-refractivity contribution >= 4 is 0 Å². The van der Waals surface area contributed by atoms with Crippen molar-refractivity contribution < 1.29 is 69.9 Å². The van der Waals surface area contributed by atoms with Gasteiger partial charge in [-0.3, -0.25) is 0 Å². The number of hydrogen-bond donors (Lipinski definition) is 1. The molecule has 6 nitrogen and oxygen atoms in total. The van der Waals surface area contributed by atoms with Gasteiger partial charge < -0.3 is 29.8 Å². The number of benzene rings is 2. The van der Waals surface area contributed by atoms with Crippen LogP contribution in [0.2, 0.25) is 0 Å². The van der Waals surface area contributed by atoms with Gasteiger partial charge in [-0.05, 0) is 75.4 Å². The van der Waals surface area contributed by atoms with Crippen LogP contribution in [-0.2, 0) is 61.2 Å². The van der Waals surface area contributed by atoms with Crippen LogP contribution in [0.4, 0.5) is 13.2 Å². The molecule has 37 heavy (non-hydrogen) atoms. The first kappa shape index (κ1) is 33.8. The Balaban J connectivity index is 0.00000163. The van der Waals surface area contributed by atoms with E-state index in [-0.39, 0.29) is 64.9 Å². The Hall–Kier alpha value is -1.23. The Labute approximate surface area is 242 Å². The zero-order valence-electron chi connectivity index (χ0n) is 22.0. The Morgan fingerprint density at radius 3 is 2.11 bits per heavy atom. The van der Waals surface area contributed by atoms with Gasteiger partial charge in [-0.25, -0.2) is 0 Å². The topological polar surface area (TPSA) is 81.0 Å². The van der Waals surface area contributed by atoms with E-state index in [0.717, 1.165) is 17.4 Å². The van der Waals surface area contributed by atoms with Crippen LogP contribution in [0.5, 0.6) is 11.5 Å². The Morgan fingerprint density at radius 2 is 1.57 bits per heavy atom. The second-order valence-corrected chi connectivity index (χ2v) is 9.20. The summed E-state index contributed by atoms with van der Waals surface area (Å²) in [5.41, 5.74) is 8.26. The van der Waals surface area contributed by atoms with Crippen molar-refractivity contribution in [2.75, 3.05) is 33.5 Å². The minimum absolute atomic E-state index is 0. The van der Waals surface area contributed by atoms with E-state index >= 15 is 0 Å². The first-order valence-electron chi connectivity index (χ1n) is 12.0. The van der Waals surface area contributed by atoms with Crippen LogP contribution in [0.3, 0.4) is 0 Å². The fraction of sp³-hybridized carbons (Fsp3) is 0.556. The molecule has 0 unspecified atom stereocenters. The van der Waals surface area contributed by atoms with Crippen molar-refractivity contribution in [3.63, 3.8) is 0 Å². The largest absolute Gasteiger partial charge is 0.668 e. The van der Waals surface area contributed by atoms with Crippen molar-refractivity contribution in [3.8, 4) is 11.5 Å². The van der Waals surface area contributed by atoms with Gasteiger partial charge in [-0.2, -0.15) is 13.2 Å². The summed E-state index contributed by atoms with van der Waals surface area (Å²) in [6.45, 7) is 6.02. The van der Waals surface area contributed by atoms with E-state index in [1.54, 1.807) is 33.9 Å². The van der Waals surface area contributed by atoms with E-state index in [1.807, 2.05) is 24.3 Å². The minimum atomic E-state index is -4.53. The third-order valence-corrected chi connectivity index (χ3v) is 5.66. The van der Waals surface area contributed by atoms with Gasteiger partial charge in [0.15, 0.2) is 5.79 Å². The fourth-order valence-corrected chi connectivity index (χ4v) is 3.57. The number of hydrogen-bond acceptors (Lipinski definition) is 5. The number of rotatable bonds is 9. The van der Waals surface area contributed by atoms with Crippen molar-refractivity contribution in [1.82, 2.24) is 0 Å². The summed E-state index contributed by atoms with van der Waals surface area (Å²) in [6.07, 6.45) is -2.60. The summed E-state index contributed by atoms with van der Waals surface area (Å²) in [5, 5.41) is 7.57. The van der Waals surface area contributed by atoms with E-state index in [4.69, 9.17) is 29.8 Å². The molecular formula is C27H37F3NO5Y-. The average Bonchev–Trinajstić information content (AvgIpc) is 2.83. The van der Waals surface area contributed by atoms with Crippen molar-refractivity contribution in [2.45, 2.75) is 64.0 Å². The smallest absolute Gasteiger partial charge is 0.419 e. The van der Waals surface area contributed by atoms with E-state index in [9.17, 15) is 13.2 Å². The molecule has 1 radical (unpaired) electrons. The average molecular weight is 601 g/mol. The maximum Gasteiger partial charge on any atom is 0.419 e. The van der Waals surface area contributed by atoms with Gasteiger partial charge in [0.2, 0.25) is 0 Å². The van der Waals surface area contributed by atoms with E-state index in [0.29, 0.717) is 31.2 Å². The molecule has 1 saturated heterocycles. The van der Waals surface area contributed by atoms with Gasteiger partial charge in [0.1, 0.15) is 11.5 Å². The fourth-order valence-electron chi connectivity index (χ4n) is 3.57. The molecule has 0 atom stereocenters. The van der Waals surface area contributed by atoms with Gasteiger partial charge in [0, 0.05) is 52.5 Å².